The SMILES string of the molecule is COc1cccc(C(=O)NC2CC3CCCC(C2)N3Cc2nc3c(Cl)cccc3s2)c1. The Morgan fingerprint density at radius 1 is 1.23 bits per heavy atom. The van der Waals surface area contributed by atoms with Gasteiger partial charge < -0.3 is 10.1 Å². The number of methoxy groups -OCH3 is 1. The molecule has 7 heteroatoms. The van der Waals surface area contributed by atoms with Gasteiger partial charge in [0.05, 0.1) is 23.4 Å². The number of benzene rings is 2. The molecule has 0 radical (unpaired) electrons. The van der Waals surface area contributed by atoms with Crippen molar-refractivity contribution in [2.75, 3.05) is 7.11 Å². The van der Waals surface area contributed by atoms with Crippen molar-refractivity contribution in [1.82, 2.24) is 15.2 Å². The number of amides is 1. The summed E-state index contributed by atoms with van der Waals surface area (Å²) in [7, 11) is 1.62. The number of ether oxygens (including phenoxy) is 1. The summed E-state index contributed by atoms with van der Waals surface area (Å²) in [5.41, 5.74) is 1.56. The standard InChI is InChI=1S/C24H26ClN3O2S/c1-30-19-8-2-5-15(11-19)24(29)26-16-12-17-6-3-7-18(13-16)28(17)14-22-27-23-20(25)9-4-10-21(23)31-22/h2,4-5,8-11,16-18H,3,6-7,12-14H2,1H3,(H,26,29). The third kappa shape index (κ3) is 4.29. The fraction of sp³-hybridized carbons (Fsp3) is 0.417. The number of carbonyl (C=O) groups is 1. The number of thiazole rings is 1. The number of nitrogens with zero attached hydrogens (tertiary/aromatic N) is 2. The highest BCUT2D eigenvalue weighted by Gasteiger charge is 2.39. The van der Waals surface area contributed by atoms with E-state index in [-0.39, 0.29) is 11.9 Å². The number of fused-ring (bicyclic) bond motifs is 3. The number of nitrogens with one attached hydrogen (secondary N) is 1. The van der Waals surface area contributed by atoms with Crippen LogP contribution < -0.4 is 10.1 Å². The number of halogens is 1. The van der Waals surface area contributed by atoms with Gasteiger partial charge in [-0.2, -0.15) is 0 Å². The fourth-order valence-electron chi connectivity index (χ4n) is 5.07. The number of rotatable bonds is 5. The van der Waals surface area contributed by atoms with E-state index in [2.05, 4.69) is 16.3 Å². The number of hydrogen-bond acceptors (Lipinski definition) is 5. The summed E-state index contributed by atoms with van der Waals surface area (Å²) in [6, 6.07) is 14.5. The first-order valence-corrected chi connectivity index (χ1v) is 12.0. The van der Waals surface area contributed by atoms with Gasteiger partial charge in [-0.15, -0.1) is 11.3 Å². The molecule has 0 saturated carbocycles. The summed E-state index contributed by atoms with van der Waals surface area (Å²) >= 11 is 8.07. The minimum Gasteiger partial charge on any atom is -0.497 e. The average molecular weight is 456 g/mol. The van der Waals surface area contributed by atoms with Gasteiger partial charge in [0, 0.05) is 23.7 Å². The van der Waals surface area contributed by atoms with Crippen molar-refractivity contribution in [3.63, 3.8) is 0 Å². The van der Waals surface area contributed by atoms with E-state index in [0.29, 0.717) is 23.4 Å². The molecule has 0 spiro atoms. The molecule has 2 aliphatic rings. The molecule has 1 aromatic heterocycles. The highest BCUT2D eigenvalue weighted by molar-refractivity contribution is 7.18. The molecule has 5 nitrogen and oxygen atoms in total. The molecule has 2 fully saturated rings. The molecule has 2 saturated heterocycles. The van der Waals surface area contributed by atoms with E-state index in [9.17, 15) is 4.79 Å². The predicted octanol–water partition coefficient (Wildman–Crippen LogP) is 5.27. The minimum atomic E-state index is -0.0174. The fourth-order valence-corrected chi connectivity index (χ4v) is 6.35. The zero-order valence-electron chi connectivity index (χ0n) is 17.5. The van der Waals surface area contributed by atoms with E-state index in [1.807, 2.05) is 30.3 Å². The Morgan fingerprint density at radius 2 is 2.00 bits per heavy atom. The molecule has 0 aliphatic carbocycles. The Morgan fingerprint density at radius 3 is 2.74 bits per heavy atom. The van der Waals surface area contributed by atoms with E-state index in [1.165, 1.54) is 19.3 Å². The van der Waals surface area contributed by atoms with Gasteiger partial charge in [0.2, 0.25) is 0 Å². The monoisotopic (exact) mass is 455 g/mol. The van der Waals surface area contributed by atoms with Crippen molar-refractivity contribution in [2.45, 2.75) is 56.8 Å². The maximum absolute atomic E-state index is 12.8. The molecule has 2 aromatic carbocycles. The topological polar surface area (TPSA) is 54.5 Å². The molecule has 3 heterocycles. The Labute approximate surface area is 191 Å². The lowest BCUT2D eigenvalue weighted by Crippen LogP contribution is -2.56. The van der Waals surface area contributed by atoms with Gasteiger partial charge in [-0.05, 0) is 56.0 Å². The second-order valence-electron chi connectivity index (χ2n) is 8.48. The van der Waals surface area contributed by atoms with Crippen molar-refractivity contribution in [3.05, 3.63) is 58.1 Å². The van der Waals surface area contributed by atoms with Gasteiger partial charge >= 0.3 is 0 Å². The minimum absolute atomic E-state index is 0.0174. The summed E-state index contributed by atoms with van der Waals surface area (Å²) in [4.78, 5) is 20.2. The molecule has 31 heavy (non-hydrogen) atoms. The van der Waals surface area contributed by atoms with E-state index in [0.717, 1.165) is 39.6 Å². The maximum Gasteiger partial charge on any atom is 0.251 e. The predicted molar refractivity (Wildman–Crippen MR) is 125 cm³/mol. The molecule has 1 amide bonds. The van der Waals surface area contributed by atoms with Crippen LogP contribution in [-0.2, 0) is 6.54 Å². The Balaban J connectivity index is 1.28. The van der Waals surface area contributed by atoms with Crippen LogP contribution in [0.4, 0.5) is 0 Å². The molecule has 1 N–H and O–H groups in total. The third-order valence-electron chi connectivity index (χ3n) is 6.52. The van der Waals surface area contributed by atoms with Crippen LogP contribution in [0.1, 0.15) is 47.5 Å². The van der Waals surface area contributed by atoms with Crippen LogP contribution in [0.2, 0.25) is 5.02 Å². The van der Waals surface area contributed by atoms with Crippen LogP contribution in [0.25, 0.3) is 10.2 Å². The molecule has 162 valence electrons. The zero-order valence-corrected chi connectivity index (χ0v) is 19.1. The molecule has 2 aliphatic heterocycles. The Hall–Kier alpha value is -2.15. The zero-order chi connectivity index (χ0) is 21.4. The average Bonchev–Trinajstić information content (AvgIpc) is 3.18. The quantitative estimate of drug-likeness (QED) is 0.569. The first-order valence-electron chi connectivity index (χ1n) is 10.9. The normalized spacial score (nSPS) is 23.6. The first-order chi connectivity index (χ1) is 15.1. The molecule has 2 atom stereocenters. The molecular formula is C24H26ClN3O2S. The largest absolute Gasteiger partial charge is 0.497 e. The molecular weight excluding hydrogens is 430 g/mol. The van der Waals surface area contributed by atoms with Crippen molar-refractivity contribution in [3.8, 4) is 5.75 Å². The summed E-state index contributed by atoms with van der Waals surface area (Å²) in [6.45, 7) is 0.863. The number of para-hydroxylation sites is 1. The van der Waals surface area contributed by atoms with Gasteiger partial charge in [0.15, 0.2) is 0 Å². The highest BCUT2D eigenvalue weighted by atomic mass is 35.5. The smallest absolute Gasteiger partial charge is 0.251 e. The molecule has 2 bridgehead atoms. The van der Waals surface area contributed by atoms with E-state index in [4.69, 9.17) is 21.3 Å². The lowest BCUT2D eigenvalue weighted by molar-refractivity contribution is 0.0177. The van der Waals surface area contributed by atoms with Crippen LogP contribution in [0.3, 0.4) is 0 Å². The number of aromatic nitrogens is 1. The van der Waals surface area contributed by atoms with Crippen LogP contribution in [0.15, 0.2) is 42.5 Å². The highest BCUT2D eigenvalue weighted by Crippen LogP contribution is 2.37. The van der Waals surface area contributed by atoms with Gasteiger partial charge in [-0.3, -0.25) is 9.69 Å². The van der Waals surface area contributed by atoms with Gasteiger partial charge in [0.1, 0.15) is 16.3 Å². The number of carbonyl (C=O) groups excluding carboxylic acids is 1. The maximum atomic E-state index is 12.8. The number of hydrogen-bond donors (Lipinski definition) is 1. The van der Waals surface area contributed by atoms with E-state index in [1.54, 1.807) is 24.5 Å². The summed E-state index contributed by atoms with van der Waals surface area (Å²) in [5, 5.41) is 5.12. The van der Waals surface area contributed by atoms with Crippen LogP contribution in [0, 0.1) is 0 Å². The Bertz CT molecular complexity index is 1090. The summed E-state index contributed by atoms with van der Waals surface area (Å²) in [6.07, 6.45) is 5.57. The second-order valence-corrected chi connectivity index (χ2v) is 10.0. The molecule has 5 rings (SSSR count). The first kappa shape index (κ1) is 20.7. The van der Waals surface area contributed by atoms with Crippen molar-refractivity contribution in [2.24, 2.45) is 0 Å². The Kier molecular flexibility index (Phi) is 5.87. The molecule has 3 aromatic rings. The van der Waals surface area contributed by atoms with Gasteiger partial charge in [0.25, 0.3) is 5.91 Å². The second kappa shape index (κ2) is 8.77. The van der Waals surface area contributed by atoms with Crippen molar-refractivity contribution >= 4 is 39.1 Å². The van der Waals surface area contributed by atoms with E-state index >= 15 is 0 Å². The number of piperidine rings is 2. The lowest BCUT2D eigenvalue weighted by Gasteiger charge is -2.48. The van der Waals surface area contributed by atoms with Gasteiger partial charge in [-0.25, -0.2) is 4.98 Å². The summed E-state index contributed by atoms with van der Waals surface area (Å²) in [5.74, 6) is 0.687. The van der Waals surface area contributed by atoms with Crippen molar-refractivity contribution in [1.29, 1.82) is 0 Å². The summed E-state index contributed by atoms with van der Waals surface area (Å²) < 4.78 is 6.40. The van der Waals surface area contributed by atoms with E-state index < -0.39 is 0 Å². The third-order valence-corrected chi connectivity index (χ3v) is 7.84. The molecule has 2 unspecified atom stereocenters. The lowest BCUT2D eigenvalue weighted by atomic mass is 9.81. The van der Waals surface area contributed by atoms with Crippen LogP contribution in [-0.4, -0.2) is 41.0 Å². The van der Waals surface area contributed by atoms with Crippen molar-refractivity contribution < 1.29 is 9.53 Å². The van der Waals surface area contributed by atoms with Crippen LogP contribution >= 0.6 is 22.9 Å². The van der Waals surface area contributed by atoms with Crippen LogP contribution in [0.5, 0.6) is 5.75 Å². The van der Waals surface area contributed by atoms with Gasteiger partial charge in [-0.1, -0.05) is 30.2 Å².